The molecule has 114 valence electrons. The molecule has 0 aliphatic heterocycles. The molecule has 0 spiro atoms. The van der Waals surface area contributed by atoms with Crippen molar-refractivity contribution in [3.8, 4) is 5.75 Å². The lowest BCUT2D eigenvalue weighted by Crippen LogP contribution is -2.11. The zero-order chi connectivity index (χ0) is 16.1. The summed E-state index contributed by atoms with van der Waals surface area (Å²) in [4.78, 5) is 23.4. The van der Waals surface area contributed by atoms with Crippen molar-refractivity contribution in [1.29, 1.82) is 0 Å². The SMILES string of the molecule is CCOC(=O)c1cccc(OC(=O)c2ccc(F)cc2F)c1. The molecule has 0 heterocycles. The maximum atomic E-state index is 13.5. The van der Waals surface area contributed by atoms with Crippen LogP contribution in [0.1, 0.15) is 27.6 Å². The van der Waals surface area contributed by atoms with Gasteiger partial charge in [-0.2, -0.15) is 0 Å². The van der Waals surface area contributed by atoms with Crippen LogP contribution in [0.25, 0.3) is 0 Å². The van der Waals surface area contributed by atoms with Gasteiger partial charge in [0.2, 0.25) is 0 Å². The Labute approximate surface area is 125 Å². The van der Waals surface area contributed by atoms with Crippen molar-refractivity contribution in [3.05, 3.63) is 65.2 Å². The molecule has 0 atom stereocenters. The summed E-state index contributed by atoms with van der Waals surface area (Å²) in [6.45, 7) is 1.88. The van der Waals surface area contributed by atoms with Gasteiger partial charge < -0.3 is 9.47 Å². The molecule has 4 nitrogen and oxygen atoms in total. The average molecular weight is 306 g/mol. The van der Waals surface area contributed by atoms with E-state index in [0.29, 0.717) is 6.07 Å². The van der Waals surface area contributed by atoms with Gasteiger partial charge in [0.1, 0.15) is 17.4 Å². The molecule has 0 bridgehead atoms. The molecule has 0 aromatic heterocycles. The molecule has 0 N–H and O–H groups in total. The minimum absolute atomic E-state index is 0.0549. The van der Waals surface area contributed by atoms with E-state index in [4.69, 9.17) is 9.47 Å². The molecule has 0 radical (unpaired) electrons. The minimum Gasteiger partial charge on any atom is -0.462 e. The number of hydrogen-bond acceptors (Lipinski definition) is 4. The highest BCUT2D eigenvalue weighted by atomic mass is 19.1. The first-order chi connectivity index (χ1) is 10.5. The molecule has 0 saturated carbocycles. The van der Waals surface area contributed by atoms with Crippen molar-refractivity contribution in [2.75, 3.05) is 6.61 Å². The molecular weight excluding hydrogens is 294 g/mol. The summed E-state index contributed by atoms with van der Waals surface area (Å²) >= 11 is 0. The number of carbonyl (C=O) groups is 2. The van der Waals surface area contributed by atoms with Crippen molar-refractivity contribution < 1.29 is 27.8 Å². The van der Waals surface area contributed by atoms with E-state index in [2.05, 4.69) is 0 Å². The summed E-state index contributed by atoms with van der Waals surface area (Å²) < 4.78 is 36.1. The van der Waals surface area contributed by atoms with E-state index in [1.807, 2.05) is 0 Å². The first-order valence-electron chi connectivity index (χ1n) is 6.45. The quantitative estimate of drug-likeness (QED) is 0.642. The Bertz CT molecular complexity index is 713. The Hall–Kier alpha value is -2.76. The third-order valence-electron chi connectivity index (χ3n) is 2.71. The summed E-state index contributed by atoms with van der Waals surface area (Å²) in [7, 11) is 0. The summed E-state index contributed by atoms with van der Waals surface area (Å²) in [5.41, 5.74) is -0.199. The molecule has 2 aromatic carbocycles. The van der Waals surface area contributed by atoms with Gasteiger partial charge in [-0.25, -0.2) is 18.4 Å². The van der Waals surface area contributed by atoms with E-state index in [1.54, 1.807) is 6.92 Å². The van der Waals surface area contributed by atoms with Crippen LogP contribution in [0.5, 0.6) is 5.75 Å². The van der Waals surface area contributed by atoms with Gasteiger partial charge in [0, 0.05) is 6.07 Å². The average Bonchev–Trinajstić information content (AvgIpc) is 2.47. The monoisotopic (exact) mass is 306 g/mol. The lowest BCUT2D eigenvalue weighted by Gasteiger charge is -2.07. The van der Waals surface area contributed by atoms with Gasteiger partial charge in [-0.1, -0.05) is 6.07 Å². The van der Waals surface area contributed by atoms with Gasteiger partial charge >= 0.3 is 11.9 Å². The van der Waals surface area contributed by atoms with Crippen LogP contribution < -0.4 is 4.74 Å². The predicted octanol–water partition coefficient (Wildman–Crippen LogP) is 3.36. The van der Waals surface area contributed by atoms with Gasteiger partial charge in [0.25, 0.3) is 0 Å². The first kappa shape index (κ1) is 15.6. The van der Waals surface area contributed by atoms with E-state index < -0.39 is 29.1 Å². The molecule has 6 heteroatoms. The van der Waals surface area contributed by atoms with Gasteiger partial charge in [0.05, 0.1) is 17.7 Å². The Morgan fingerprint density at radius 2 is 1.82 bits per heavy atom. The van der Waals surface area contributed by atoms with Crippen LogP contribution in [-0.2, 0) is 4.74 Å². The van der Waals surface area contributed by atoms with Crippen LogP contribution in [-0.4, -0.2) is 18.5 Å². The van der Waals surface area contributed by atoms with Crippen molar-refractivity contribution in [2.24, 2.45) is 0 Å². The second-order valence-corrected chi connectivity index (χ2v) is 4.26. The van der Waals surface area contributed by atoms with Gasteiger partial charge in [-0.15, -0.1) is 0 Å². The minimum atomic E-state index is -1.02. The lowest BCUT2D eigenvalue weighted by molar-refractivity contribution is 0.0524. The standard InChI is InChI=1S/C16H12F2O4/c1-2-21-15(19)10-4-3-5-12(8-10)22-16(20)13-7-6-11(17)9-14(13)18/h3-9H,2H2,1H3. The molecule has 0 unspecified atom stereocenters. The molecule has 0 fully saturated rings. The van der Waals surface area contributed by atoms with Crippen LogP contribution >= 0.6 is 0 Å². The molecule has 0 saturated heterocycles. The fourth-order valence-corrected chi connectivity index (χ4v) is 1.72. The second-order valence-electron chi connectivity index (χ2n) is 4.26. The topological polar surface area (TPSA) is 52.6 Å². The number of hydrogen-bond donors (Lipinski definition) is 0. The van der Waals surface area contributed by atoms with E-state index in [9.17, 15) is 18.4 Å². The highest BCUT2D eigenvalue weighted by Gasteiger charge is 2.16. The summed E-state index contributed by atoms with van der Waals surface area (Å²) in [6.07, 6.45) is 0. The largest absolute Gasteiger partial charge is 0.462 e. The number of esters is 2. The number of ether oxygens (including phenoxy) is 2. The van der Waals surface area contributed by atoms with Crippen molar-refractivity contribution in [3.63, 3.8) is 0 Å². The summed E-state index contributed by atoms with van der Waals surface area (Å²) in [5.74, 6) is -3.31. The second kappa shape index (κ2) is 6.80. The number of rotatable bonds is 4. The fraction of sp³-hybridized carbons (Fsp3) is 0.125. The fourth-order valence-electron chi connectivity index (χ4n) is 1.72. The molecule has 0 aliphatic rings. The highest BCUT2D eigenvalue weighted by molar-refractivity contribution is 5.92. The number of halogens is 2. The Morgan fingerprint density at radius 3 is 2.50 bits per heavy atom. The van der Waals surface area contributed by atoms with Crippen LogP contribution in [0.4, 0.5) is 8.78 Å². The predicted molar refractivity (Wildman–Crippen MR) is 73.7 cm³/mol. The van der Waals surface area contributed by atoms with Gasteiger partial charge in [0.15, 0.2) is 0 Å². The van der Waals surface area contributed by atoms with Crippen LogP contribution in [0.15, 0.2) is 42.5 Å². The zero-order valence-electron chi connectivity index (χ0n) is 11.6. The summed E-state index contributed by atoms with van der Waals surface area (Å²) in [6, 6.07) is 8.26. The van der Waals surface area contributed by atoms with E-state index in [-0.39, 0.29) is 17.9 Å². The van der Waals surface area contributed by atoms with Gasteiger partial charge in [-0.3, -0.25) is 0 Å². The smallest absolute Gasteiger partial charge is 0.346 e. The van der Waals surface area contributed by atoms with Crippen LogP contribution in [0.2, 0.25) is 0 Å². The number of carbonyl (C=O) groups excluding carboxylic acids is 2. The molecule has 0 amide bonds. The van der Waals surface area contributed by atoms with Crippen molar-refractivity contribution >= 4 is 11.9 Å². The highest BCUT2D eigenvalue weighted by Crippen LogP contribution is 2.17. The maximum Gasteiger partial charge on any atom is 0.346 e. The number of benzene rings is 2. The molecule has 2 rings (SSSR count). The third-order valence-corrected chi connectivity index (χ3v) is 2.71. The molecule has 2 aromatic rings. The van der Waals surface area contributed by atoms with Crippen LogP contribution in [0.3, 0.4) is 0 Å². The van der Waals surface area contributed by atoms with Crippen LogP contribution in [0, 0.1) is 11.6 Å². The van der Waals surface area contributed by atoms with Crippen molar-refractivity contribution in [1.82, 2.24) is 0 Å². The normalized spacial score (nSPS) is 10.1. The Kier molecular flexibility index (Phi) is 4.83. The Balaban J connectivity index is 2.18. The third kappa shape index (κ3) is 3.66. The Morgan fingerprint density at radius 1 is 1.05 bits per heavy atom. The van der Waals surface area contributed by atoms with E-state index in [1.165, 1.54) is 24.3 Å². The molecule has 0 aliphatic carbocycles. The maximum absolute atomic E-state index is 13.5. The molecular formula is C16H12F2O4. The van der Waals surface area contributed by atoms with E-state index >= 15 is 0 Å². The molecule has 22 heavy (non-hydrogen) atoms. The van der Waals surface area contributed by atoms with Crippen molar-refractivity contribution in [2.45, 2.75) is 6.92 Å². The van der Waals surface area contributed by atoms with Gasteiger partial charge in [-0.05, 0) is 37.3 Å². The first-order valence-corrected chi connectivity index (χ1v) is 6.45. The zero-order valence-corrected chi connectivity index (χ0v) is 11.6. The summed E-state index contributed by atoms with van der Waals surface area (Å²) in [5, 5.41) is 0. The van der Waals surface area contributed by atoms with E-state index in [0.717, 1.165) is 12.1 Å². The lowest BCUT2D eigenvalue weighted by atomic mass is 10.2.